The van der Waals surface area contributed by atoms with Crippen LogP contribution in [0, 0.1) is 10.1 Å². The molecule has 0 saturated heterocycles. The monoisotopic (exact) mass is 438 g/mol. The quantitative estimate of drug-likeness (QED) is 0.288. The van der Waals surface area contributed by atoms with Crippen molar-refractivity contribution in [2.24, 2.45) is 0 Å². The Morgan fingerprint density at radius 3 is 2.63 bits per heavy atom. The van der Waals surface area contributed by atoms with Gasteiger partial charge >= 0.3 is 5.97 Å². The number of para-hydroxylation sites is 1. The van der Waals surface area contributed by atoms with Gasteiger partial charge in [-0.15, -0.1) is 23.1 Å². The van der Waals surface area contributed by atoms with Crippen LogP contribution < -0.4 is 0 Å². The molecule has 4 aromatic rings. The minimum Gasteiger partial charge on any atom is -0.481 e. The summed E-state index contributed by atoms with van der Waals surface area (Å²) >= 11 is 2.66. The molecule has 0 aliphatic rings. The molecule has 1 N–H and O–H groups in total. The Balaban J connectivity index is 1.66. The fourth-order valence-corrected chi connectivity index (χ4v) is 4.57. The van der Waals surface area contributed by atoms with Crippen LogP contribution in [0.5, 0.6) is 0 Å². The topological polar surface area (TPSA) is 106 Å². The molecule has 0 radical (unpaired) electrons. The van der Waals surface area contributed by atoms with Gasteiger partial charge < -0.3 is 9.52 Å². The van der Waals surface area contributed by atoms with E-state index in [-0.39, 0.29) is 11.4 Å². The van der Waals surface area contributed by atoms with Crippen LogP contribution in [0.15, 0.2) is 65.1 Å². The molecule has 0 spiro atoms. The molecule has 0 saturated carbocycles. The molecule has 150 valence electrons. The highest BCUT2D eigenvalue weighted by molar-refractivity contribution is 8.09. The molecule has 0 aliphatic heterocycles. The van der Waals surface area contributed by atoms with Crippen molar-refractivity contribution in [1.82, 2.24) is 4.98 Å². The number of benzene rings is 2. The van der Waals surface area contributed by atoms with E-state index in [1.54, 1.807) is 30.3 Å². The Morgan fingerprint density at radius 2 is 1.93 bits per heavy atom. The maximum Gasteiger partial charge on any atom is 0.313 e. The number of aliphatic carboxylic acids is 1. The molecule has 0 bridgehead atoms. The molecular weight excluding hydrogens is 424 g/mol. The molecule has 0 aliphatic carbocycles. The van der Waals surface area contributed by atoms with E-state index in [2.05, 4.69) is 4.98 Å². The van der Waals surface area contributed by atoms with Gasteiger partial charge in [0.2, 0.25) is 0 Å². The number of thiazole rings is 1. The molecular formula is C21H14N2O5S2. The SMILES string of the molecule is O=C(O)CS/C(=C\c1ccc(-c2ccc([N+](=O)[O-])cc2)o1)c1nc2ccccc2s1. The van der Waals surface area contributed by atoms with Crippen molar-refractivity contribution in [3.8, 4) is 11.3 Å². The molecule has 2 heterocycles. The van der Waals surface area contributed by atoms with Gasteiger partial charge in [-0.3, -0.25) is 14.9 Å². The molecule has 0 fully saturated rings. The number of thioether (sulfide) groups is 1. The number of rotatable bonds is 7. The van der Waals surface area contributed by atoms with Crippen LogP contribution >= 0.6 is 23.1 Å². The second-order valence-corrected chi connectivity index (χ2v) is 8.23. The molecule has 7 nitrogen and oxygen atoms in total. The second kappa shape index (κ2) is 8.52. The van der Waals surface area contributed by atoms with Gasteiger partial charge in [0, 0.05) is 22.6 Å². The van der Waals surface area contributed by atoms with Crippen molar-refractivity contribution in [2.75, 3.05) is 5.75 Å². The minimum atomic E-state index is -0.918. The largest absolute Gasteiger partial charge is 0.481 e. The zero-order valence-electron chi connectivity index (χ0n) is 15.3. The predicted molar refractivity (Wildman–Crippen MR) is 118 cm³/mol. The lowest BCUT2D eigenvalue weighted by atomic mass is 10.1. The van der Waals surface area contributed by atoms with Crippen molar-refractivity contribution in [3.63, 3.8) is 0 Å². The average Bonchev–Trinajstić information content (AvgIpc) is 3.38. The molecule has 2 aromatic heterocycles. The van der Waals surface area contributed by atoms with E-state index in [1.165, 1.54) is 35.2 Å². The molecule has 9 heteroatoms. The number of fused-ring (bicyclic) bond motifs is 1. The average molecular weight is 438 g/mol. The minimum absolute atomic E-state index is 0.00798. The van der Waals surface area contributed by atoms with E-state index in [1.807, 2.05) is 24.3 Å². The summed E-state index contributed by atoms with van der Waals surface area (Å²) in [4.78, 5) is 26.7. The van der Waals surface area contributed by atoms with E-state index in [9.17, 15) is 14.9 Å². The Morgan fingerprint density at radius 1 is 1.17 bits per heavy atom. The zero-order chi connectivity index (χ0) is 21.1. The van der Waals surface area contributed by atoms with Crippen LogP contribution in [0.1, 0.15) is 10.8 Å². The van der Waals surface area contributed by atoms with Crippen LogP contribution in [0.4, 0.5) is 5.69 Å². The summed E-state index contributed by atoms with van der Waals surface area (Å²) in [5.74, 6) is 0.0778. The van der Waals surface area contributed by atoms with Gasteiger partial charge in [0.25, 0.3) is 5.69 Å². The first-order chi connectivity index (χ1) is 14.5. The normalized spacial score (nSPS) is 11.7. The molecule has 0 atom stereocenters. The van der Waals surface area contributed by atoms with Gasteiger partial charge in [-0.05, 0) is 42.5 Å². The number of carbonyl (C=O) groups is 1. The summed E-state index contributed by atoms with van der Waals surface area (Å²) < 4.78 is 6.89. The van der Waals surface area contributed by atoms with Gasteiger partial charge in [-0.25, -0.2) is 4.98 Å². The Hall–Kier alpha value is -3.43. The fraction of sp³-hybridized carbons (Fsp3) is 0.0476. The van der Waals surface area contributed by atoms with E-state index in [0.29, 0.717) is 22.0 Å². The number of nitrogens with zero attached hydrogens (tertiary/aromatic N) is 2. The van der Waals surface area contributed by atoms with E-state index >= 15 is 0 Å². The van der Waals surface area contributed by atoms with Crippen molar-refractivity contribution in [1.29, 1.82) is 0 Å². The maximum atomic E-state index is 11.1. The van der Waals surface area contributed by atoms with Gasteiger partial charge in [0.05, 0.1) is 20.9 Å². The smallest absolute Gasteiger partial charge is 0.313 e. The lowest BCUT2D eigenvalue weighted by Crippen LogP contribution is -1.97. The summed E-state index contributed by atoms with van der Waals surface area (Å²) in [6, 6.07) is 17.3. The number of hydrogen-bond acceptors (Lipinski definition) is 7. The van der Waals surface area contributed by atoms with Crippen LogP contribution in [-0.2, 0) is 4.79 Å². The predicted octanol–water partition coefficient (Wildman–Crippen LogP) is 5.78. The van der Waals surface area contributed by atoms with Gasteiger partial charge in [-0.2, -0.15) is 0 Å². The van der Waals surface area contributed by atoms with E-state index in [4.69, 9.17) is 9.52 Å². The van der Waals surface area contributed by atoms with Gasteiger partial charge in [0.1, 0.15) is 16.5 Å². The first kappa shape index (κ1) is 19.9. The molecule has 0 unspecified atom stereocenters. The van der Waals surface area contributed by atoms with Crippen molar-refractivity contribution in [3.05, 3.63) is 81.5 Å². The molecule has 0 amide bonds. The molecule has 2 aromatic carbocycles. The Labute approximate surface area is 178 Å². The summed E-state index contributed by atoms with van der Waals surface area (Å²) in [5.41, 5.74) is 1.57. The fourth-order valence-electron chi connectivity index (χ4n) is 2.74. The highest BCUT2D eigenvalue weighted by Gasteiger charge is 2.14. The van der Waals surface area contributed by atoms with Crippen LogP contribution in [0.2, 0.25) is 0 Å². The number of carboxylic acids is 1. The lowest BCUT2D eigenvalue weighted by molar-refractivity contribution is -0.384. The standard InChI is InChI=1S/C21H14N2O5S2/c24-20(25)12-29-19(21-22-16-3-1-2-4-18(16)30-21)11-15-9-10-17(28-15)13-5-7-14(8-6-13)23(26)27/h1-11H,12H2,(H,24,25)/b19-11-. The third kappa shape index (κ3) is 4.42. The number of nitro benzene ring substituents is 1. The van der Waals surface area contributed by atoms with Gasteiger partial charge in [-0.1, -0.05) is 12.1 Å². The number of nitro groups is 1. The lowest BCUT2D eigenvalue weighted by Gasteiger charge is -2.01. The highest BCUT2D eigenvalue weighted by Crippen LogP contribution is 2.36. The summed E-state index contributed by atoms with van der Waals surface area (Å²) in [5, 5.41) is 20.6. The summed E-state index contributed by atoms with van der Waals surface area (Å²) in [6.07, 6.45) is 1.76. The number of hydrogen-bond donors (Lipinski definition) is 1. The Kier molecular flexibility index (Phi) is 5.64. The number of furan rings is 1. The first-order valence-corrected chi connectivity index (χ1v) is 10.6. The van der Waals surface area contributed by atoms with Crippen LogP contribution in [0.25, 0.3) is 32.5 Å². The Bertz CT molecular complexity index is 1220. The van der Waals surface area contributed by atoms with E-state index in [0.717, 1.165) is 15.2 Å². The third-order valence-electron chi connectivity index (χ3n) is 4.12. The molecule has 30 heavy (non-hydrogen) atoms. The van der Waals surface area contributed by atoms with E-state index < -0.39 is 10.9 Å². The summed E-state index contributed by atoms with van der Waals surface area (Å²) in [6.45, 7) is 0. The second-order valence-electron chi connectivity index (χ2n) is 6.18. The summed E-state index contributed by atoms with van der Waals surface area (Å²) in [7, 11) is 0. The zero-order valence-corrected chi connectivity index (χ0v) is 17.0. The number of carboxylic acid groups (broad SMARTS) is 1. The highest BCUT2D eigenvalue weighted by atomic mass is 32.2. The van der Waals surface area contributed by atoms with Crippen LogP contribution in [0.3, 0.4) is 0 Å². The van der Waals surface area contributed by atoms with Crippen molar-refractivity contribution in [2.45, 2.75) is 0 Å². The number of aromatic nitrogens is 1. The number of non-ortho nitro benzene ring substituents is 1. The first-order valence-electron chi connectivity index (χ1n) is 8.76. The maximum absolute atomic E-state index is 11.1. The third-order valence-corrected chi connectivity index (χ3v) is 6.33. The van der Waals surface area contributed by atoms with Crippen LogP contribution in [-0.4, -0.2) is 26.7 Å². The molecule has 4 rings (SSSR count). The van der Waals surface area contributed by atoms with Crippen molar-refractivity contribution < 1.29 is 19.2 Å². The van der Waals surface area contributed by atoms with Gasteiger partial charge in [0.15, 0.2) is 0 Å². The van der Waals surface area contributed by atoms with Crippen molar-refractivity contribution >= 4 is 56.0 Å².